The normalized spacial score (nSPS) is 12.3. The third kappa shape index (κ3) is 4.06. The summed E-state index contributed by atoms with van der Waals surface area (Å²) in [5.41, 5.74) is 4.47. The number of benzene rings is 3. The lowest BCUT2D eigenvalue weighted by Crippen LogP contribution is -2.08. The molecule has 4 rings (SSSR count). The van der Waals surface area contributed by atoms with Crippen LogP contribution < -0.4 is 0 Å². The van der Waals surface area contributed by atoms with Gasteiger partial charge in [-0.25, -0.2) is 0 Å². The standard InChI is InChI=1S/C24H18Cl3NO/c1-14-11-17(25)6-4-16(14)12-21(19-9-7-18(26)13-22(19)27)20-8-5-15-3-2-10-28-23(15)24(20)29/h2-11,13,21,29H,12H2,1H3. The van der Waals surface area contributed by atoms with E-state index < -0.39 is 0 Å². The Labute approximate surface area is 184 Å². The summed E-state index contributed by atoms with van der Waals surface area (Å²) in [4.78, 5) is 4.37. The summed E-state index contributed by atoms with van der Waals surface area (Å²) in [5, 5.41) is 13.8. The van der Waals surface area contributed by atoms with Crippen LogP contribution in [0.3, 0.4) is 0 Å². The number of phenolic OH excluding ortho intramolecular Hbond substituents is 1. The Hall–Kier alpha value is -2.26. The molecule has 0 aliphatic heterocycles. The van der Waals surface area contributed by atoms with E-state index in [4.69, 9.17) is 34.8 Å². The number of pyridine rings is 1. The molecular formula is C24H18Cl3NO. The number of hydrogen-bond donors (Lipinski definition) is 1. The first-order valence-electron chi connectivity index (χ1n) is 9.20. The first-order chi connectivity index (χ1) is 13.9. The summed E-state index contributed by atoms with van der Waals surface area (Å²) in [6, 6.07) is 19.0. The monoisotopic (exact) mass is 441 g/mol. The highest BCUT2D eigenvalue weighted by Crippen LogP contribution is 2.41. The van der Waals surface area contributed by atoms with Gasteiger partial charge in [0.15, 0.2) is 0 Å². The van der Waals surface area contributed by atoms with Gasteiger partial charge in [0.05, 0.1) is 0 Å². The molecule has 0 aliphatic rings. The Bertz CT molecular complexity index is 1210. The van der Waals surface area contributed by atoms with Gasteiger partial charge >= 0.3 is 0 Å². The summed E-state index contributed by atoms with van der Waals surface area (Å²) in [7, 11) is 0. The molecule has 0 spiro atoms. The third-order valence-electron chi connectivity index (χ3n) is 5.22. The zero-order valence-electron chi connectivity index (χ0n) is 15.7. The second-order valence-corrected chi connectivity index (χ2v) is 8.35. The Balaban J connectivity index is 1.89. The van der Waals surface area contributed by atoms with E-state index in [0.29, 0.717) is 27.0 Å². The minimum atomic E-state index is -0.175. The van der Waals surface area contributed by atoms with Crippen molar-refractivity contribution < 1.29 is 5.11 Å². The van der Waals surface area contributed by atoms with E-state index in [1.807, 2.05) is 61.5 Å². The van der Waals surface area contributed by atoms with Crippen molar-refractivity contribution in [1.82, 2.24) is 4.98 Å². The van der Waals surface area contributed by atoms with Gasteiger partial charge in [0, 0.05) is 38.1 Å². The molecule has 1 N–H and O–H groups in total. The van der Waals surface area contributed by atoms with Crippen molar-refractivity contribution in [2.24, 2.45) is 0 Å². The SMILES string of the molecule is Cc1cc(Cl)ccc1CC(c1ccc(Cl)cc1Cl)c1ccc2cccnc2c1O. The van der Waals surface area contributed by atoms with Gasteiger partial charge in [0.1, 0.15) is 11.3 Å². The molecule has 1 aromatic heterocycles. The number of fused-ring (bicyclic) bond motifs is 1. The van der Waals surface area contributed by atoms with Crippen LogP contribution in [0, 0.1) is 6.92 Å². The van der Waals surface area contributed by atoms with Gasteiger partial charge in [-0.2, -0.15) is 0 Å². The second kappa shape index (κ2) is 8.23. The number of nitrogens with zero attached hydrogens (tertiary/aromatic N) is 1. The van der Waals surface area contributed by atoms with Gasteiger partial charge < -0.3 is 5.11 Å². The second-order valence-electron chi connectivity index (χ2n) is 7.07. The van der Waals surface area contributed by atoms with Gasteiger partial charge in [-0.05, 0) is 60.4 Å². The van der Waals surface area contributed by atoms with Crippen LogP contribution in [0.4, 0.5) is 0 Å². The van der Waals surface area contributed by atoms with Gasteiger partial charge in [-0.15, -0.1) is 0 Å². The Morgan fingerprint density at radius 1 is 0.897 bits per heavy atom. The van der Waals surface area contributed by atoms with Gasteiger partial charge in [-0.1, -0.05) is 65.1 Å². The number of hydrogen-bond acceptors (Lipinski definition) is 2. The van der Waals surface area contributed by atoms with Crippen molar-refractivity contribution in [3.63, 3.8) is 0 Å². The highest BCUT2D eigenvalue weighted by molar-refractivity contribution is 6.35. The van der Waals surface area contributed by atoms with Crippen LogP contribution in [0.2, 0.25) is 15.1 Å². The maximum atomic E-state index is 11.1. The van der Waals surface area contributed by atoms with Crippen LogP contribution in [-0.4, -0.2) is 10.1 Å². The van der Waals surface area contributed by atoms with Crippen LogP contribution in [0.1, 0.15) is 28.2 Å². The van der Waals surface area contributed by atoms with E-state index in [2.05, 4.69) is 4.98 Å². The fourth-order valence-corrected chi connectivity index (χ4v) is 4.47. The Kier molecular flexibility index (Phi) is 5.69. The van der Waals surface area contributed by atoms with Crippen LogP contribution in [0.15, 0.2) is 66.9 Å². The van der Waals surface area contributed by atoms with E-state index >= 15 is 0 Å². The predicted octanol–water partition coefficient (Wildman–Crippen LogP) is 7.58. The summed E-state index contributed by atoms with van der Waals surface area (Å²) in [6.07, 6.45) is 2.33. The number of phenols is 1. The van der Waals surface area contributed by atoms with Crippen LogP contribution in [-0.2, 0) is 6.42 Å². The lowest BCUT2D eigenvalue weighted by molar-refractivity contribution is 0.469. The molecular weight excluding hydrogens is 425 g/mol. The molecule has 0 radical (unpaired) electrons. The average molecular weight is 443 g/mol. The molecule has 29 heavy (non-hydrogen) atoms. The smallest absolute Gasteiger partial charge is 0.145 e. The topological polar surface area (TPSA) is 33.1 Å². The lowest BCUT2D eigenvalue weighted by Gasteiger charge is -2.22. The summed E-state index contributed by atoms with van der Waals surface area (Å²) >= 11 is 18.8. The Morgan fingerprint density at radius 3 is 2.38 bits per heavy atom. The molecule has 1 atom stereocenters. The number of aryl methyl sites for hydroxylation is 1. The number of rotatable bonds is 4. The van der Waals surface area contributed by atoms with Crippen molar-refractivity contribution in [2.75, 3.05) is 0 Å². The zero-order valence-corrected chi connectivity index (χ0v) is 17.9. The molecule has 0 fully saturated rings. The fraction of sp³-hybridized carbons (Fsp3) is 0.125. The third-order valence-corrected chi connectivity index (χ3v) is 6.02. The van der Waals surface area contributed by atoms with Crippen LogP contribution in [0.5, 0.6) is 5.75 Å². The minimum absolute atomic E-state index is 0.172. The zero-order chi connectivity index (χ0) is 20.5. The Morgan fingerprint density at radius 2 is 1.62 bits per heavy atom. The molecule has 0 aliphatic carbocycles. The first kappa shape index (κ1) is 20.0. The molecule has 5 heteroatoms. The van der Waals surface area contributed by atoms with Crippen molar-refractivity contribution in [2.45, 2.75) is 19.3 Å². The average Bonchev–Trinajstić information content (AvgIpc) is 2.69. The van der Waals surface area contributed by atoms with Gasteiger partial charge in [0.2, 0.25) is 0 Å². The fourth-order valence-electron chi connectivity index (χ4n) is 3.71. The quantitative estimate of drug-likeness (QED) is 0.353. The van der Waals surface area contributed by atoms with E-state index in [1.165, 1.54) is 0 Å². The van der Waals surface area contributed by atoms with Crippen molar-refractivity contribution in [3.8, 4) is 5.75 Å². The number of aromatic hydroxyl groups is 1. The number of halogens is 3. The lowest BCUT2D eigenvalue weighted by atomic mass is 9.84. The molecule has 3 aromatic carbocycles. The largest absolute Gasteiger partial charge is 0.505 e. The van der Waals surface area contributed by atoms with E-state index in [-0.39, 0.29) is 11.7 Å². The van der Waals surface area contributed by atoms with Crippen LogP contribution >= 0.6 is 34.8 Å². The maximum Gasteiger partial charge on any atom is 0.145 e. The molecule has 0 saturated heterocycles. The van der Waals surface area contributed by atoms with Gasteiger partial charge in [-0.3, -0.25) is 4.98 Å². The summed E-state index contributed by atoms with van der Waals surface area (Å²) < 4.78 is 0. The molecule has 1 heterocycles. The molecule has 0 bridgehead atoms. The van der Waals surface area contributed by atoms with E-state index in [9.17, 15) is 5.11 Å². The van der Waals surface area contributed by atoms with Crippen molar-refractivity contribution in [3.05, 3.63) is 104 Å². The maximum absolute atomic E-state index is 11.1. The molecule has 146 valence electrons. The van der Waals surface area contributed by atoms with Gasteiger partial charge in [0.25, 0.3) is 0 Å². The molecule has 4 aromatic rings. The van der Waals surface area contributed by atoms with Crippen molar-refractivity contribution in [1.29, 1.82) is 0 Å². The molecule has 0 saturated carbocycles. The predicted molar refractivity (Wildman–Crippen MR) is 122 cm³/mol. The molecule has 0 amide bonds. The van der Waals surface area contributed by atoms with E-state index in [1.54, 1.807) is 12.3 Å². The number of aromatic nitrogens is 1. The first-order valence-corrected chi connectivity index (χ1v) is 10.3. The molecule has 2 nitrogen and oxygen atoms in total. The summed E-state index contributed by atoms with van der Waals surface area (Å²) in [5.74, 6) is -0.00298. The van der Waals surface area contributed by atoms with E-state index in [0.717, 1.165) is 27.6 Å². The molecule has 1 unspecified atom stereocenters. The summed E-state index contributed by atoms with van der Waals surface area (Å²) in [6.45, 7) is 2.03. The minimum Gasteiger partial charge on any atom is -0.505 e. The highest BCUT2D eigenvalue weighted by Gasteiger charge is 2.23. The van der Waals surface area contributed by atoms with Crippen LogP contribution in [0.25, 0.3) is 10.9 Å². The van der Waals surface area contributed by atoms with Crippen molar-refractivity contribution >= 4 is 45.7 Å². The highest BCUT2D eigenvalue weighted by atomic mass is 35.5.